The number of nitrogens with zero attached hydrogens (tertiary/aromatic N) is 3. The minimum absolute atomic E-state index is 0.141. The van der Waals surface area contributed by atoms with Crippen LogP contribution in [0, 0.1) is 19.7 Å². The number of halogens is 1. The van der Waals surface area contributed by atoms with Gasteiger partial charge < -0.3 is 33.9 Å². The van der Waals surface area contributed by atoms with Crippen molar-refractivity contribution < 1.29 is 37.7 Å². The summed E-state index contributed by atoms with van der Waals surface area (Å²) in [5, 5.41) is 3.29. The largest absolute Gasteiger partial charge is 0.497 e. The number of hydrogen-bond acceptors (Lipinski definition) is 10. The predicted octanol–water partition coefficient (Wildman–Crippen LogP) is 5.78. The van der Waals surface area contributed by atoms with E-state index in [4.69, 9.17) is 23.7 Å². The second-order valence-electron chi connectivity index (χ2n) is 10.3. The van der Waals surface area contributed by atoms with Gasteiger partial charge in [-0.05, 0) is 55.8 Å². The van der Waals surface area contributed by atoms with Crippen LogP contribution in [0.2, 0.25) is 0 Å². The van der Waals surface area contributed by atoms with Crippen LogP contribution in [0.25, 0.3) is 0 Å². The summed E-state index contributed by atoms with van der Waals surface area (Å²) in [6.45, 7) is 3.43. The van der Waals surface area contributed by atoms with E-state index in [1.165, 1.54) is 46.5 Å². The van der Waals surface area contributed by atoms with Crippen molar-refractivity contribution in [3.8, 4) is 28.7 Å². The number of anilines is 1. The molecular formula is C34H37FN4O7S. The van der Waals surface area contributed by atoms with Gasteiger partial charge in [0.15, 0.2) is 16.7 Å². The zero-order valence-corrected chi connectivity index (χ0v) is 28.1. The number of thioether (sulfide) groups is 1. The second-order valence-corrected chi connectivity index (χ2v) is 11.2. The Morgan fingerprint density at radius 2 is 1.47 bits per heavy atom. The molecule has 0 aliphatic carbocycles. The lowest BCUT2D eigenvalue weighted by Gasteiger charge is -2.32. The zero-order valence-electron chi connectivity index (χ0n) is 27.3. The van der Waals surface area contributed by atoms with Gasteiger partial charge in [-0.15, -0.1) is 0 Å². The molecule has 1 heterocycles. The third kappa shape index (κ3) is 8.41. The molecule has 0 aliphatic rings. The number of nitrogens with one attached hydrogen (secondary N) is 1. The lowest BCUT2D eigenvalue weighted by Crippen LogP contribution is -2.42. The average molecular weight is 665 g/mol. The highest BCUT2D eigenvalue weighted by Crippen LogP contribution is 2.42. The molecule has 0 spiro atoms. The van der Waals surface area contributed by atoms with E-state index < -0.39 is 23.7 Å². The number of carbonyl (C=O) groups is 2. The fourth-order valence-electron chi connectivity index (χ4n) is 4.94. The number of carbonyl (C=O) groups excluding carboxylic acids is 2. The Kier molecular flexibility index (Phi) is 11.8. The standard InChI is InChI=1S/C34H37FN4O7S/c1-20-14-21(2)37-34(36-20)47-19-30(40)39(18-22-10-8-9-11-25(22)35)31(23-15-28(44-5)32(46-7)29(16-23)45-6)33(41)38-26-13-12-24(42-3)17-27(26)43-4/h8-17,31H,18-19H2,1-7H3,(H,38,41). The van der Waals surface area contributed by atoms with E-state index in [1.54, 1.807) is 48.5 Å². The maximum absolute atomic E-state index is 15.1. The number of aromatic nitrogens is 2. The van der Waals surface area contributed by atoms with Crippen molar-refractivity contribution in [2.24, 2.45) is 0 Å². The molecule has 47 heavy (non-hydrogen) atoms. The first-order valence-corrected chi connectivity index (χ1v) is 15.4. The van der Waals surface area contributed by atoms with Gasteiger partial charge in [0, 0.05) is 29.6 Å². The maximum Gasteiger partial charge on any atom is 0.251 e. The van der Waals surface area contributed by atoms with Crippen LogP contribution in [0.1, 0.15) is 28.6 Å². The van der Waals surface area contributed by atoms with Crippen LogP contribution in [-0.4, -0.2) is 68.0 Å². The number of ether oxygens (including phenoxy) is 5. The summed E-state index contributed by atoms with van der Waals surface area (Å²) in [7, 11) is 7.32. The Morgan fingerprint density at radius 1 is 0.830 bits per heavy atom. The molecule has 0 fully saturated rings. The first kappa shape index (κ1) is 34.8. The molecule has 2 amide bonds. The van der Waals surface area contributed by atoms with Gasteiger partial charge in [-0.3, -0.25) is 9.59 Å². The predicted molar refractivity (Wildman–Crippen MR) is 176 cm³/mol. The number of aryl methyl sites for hydroxylation is 2. The van der Waals surface area contributed by atoms with Crippen molar-refractivity contribution in [1.82, 2.24) is 14.9 Å². The summed E-state index contributed by atoms with van der Waals surface area (Å²) in [4.78, 5) is 38.8. The molecule has 0 aliphatic heterocycles. The Hall–Kier alpha value is -5.04. The van der Waals surface area contributed by atoms with E-state index in [-0.39, 0.29) is 29.4 Å². The molecule has 1 aromatic heterocycles. The van der Waals surface area contributed by atoms with Crippen molar-refractivity contribution in [3.05, 3.63) is 89.0 Å². The maximum atomic E-state index is 15.1. The van der Waals surface area contributed by atoms with Gasteiger partial charge in [-0.25, -0.2) is 14.4 Å². The average Bonchev–Trinajstić information content (AvgIpc) is 3.06. The lowest BCUT2D eigenvalue weighted by molar-refractivity contribution is -0.137. The molecule has 3 aromatic carbocycles. The van der Waals surface area contributed by atoms with Crippen LogP contribution in [0.3, 0.4) is 0 Å². The number of rotatable bonds is 14. The van der Waals surface area contributed by atoms with E-state index in [1.807, 2.05) is 19.9 Å². The third-order valence-electron chi connectivity index (χ3n) is 7.13. The first-order valence-electron chi connectivity index (χ1n) is 14.4. The van der Waals surface area contributed by atoms with Gasteiger partial charge in [-0.2, -0.15) is 0 Å². The molecule has 1 N–H and O–H groups in total. The van der Waals surface area contributed by atoms with Gasteiger partial charge in [-0.1, -0.05) is 30.0 Å². The summed E-state index contributed by atoms with van der Waals surface area (Å²) < 4.78 is 42.6. The molecule has 248 valence electrons. The van der Waals surface area contributed by atoms with Crippen LogP contribution < -0.4 is 29.0 Å². The van der Waals surface area contributed by atoms with Crippen molar-refractivity contribution >= 4 is 29.3 Å². The van der Waals surface area contributed by atoms with E-state index in [2.05, 4.69) is 15.3 Å². The van der Waals surface area contributed by atoms with Gasteiger partial charge >= 0.3 is 0 Å². The molecule has 0 saturated heterocycles. The van der Waals surface area contributed by atoms with Crippen molar-refractivity contribution in [3.63, 3.8) is 0 Å². The highest BCUT2D eigenvalue weighted by Gasteiger charge is 2.34. The van der Waals surface area contributed by atoms with Gasteiger partial charge in [0.2, 0.25) is 11.7 Å². The van der Waals surface area contributed by atoms with Crippen LogP contribution in [0.4, 0.5) is 10.1 Å². The van der Waals surface area contributed by atoms with Crippen LogP contribution in [0.15, 0.2) is 65.8 Å². The Balaban J connectivity index is 1.86. The SMILES string of the molecule is COc1ccc(NC(=O)C(c2cc(OC)c(OC)c(OC)c2)N(Cc2ccccc2F)C(=O)CSc2nc(C)cc(C)n2)c(OC)c1. The number of hydrogen-bond donors (Lipinski definition) is 1. The summed E-state index contributed by atoms with van der Waals surface area (Å²) in [6, 6.07) is 14.7. The van der Waals surface area contributed by atoms with Crippen LogP contribution in [-0.2, 0) is 16.1 Å². The first-order chi connectivity index (χ1) is 22.6. The highest BCUT2D eigenvalue weighted by molar-refractivity contribution is 7.99. The fourth-order valence-corrected chi connectivity index (χ4v) is 5.77. The number of methoxy groups -OCH3 is 5. The molecule has 0 radical (unpaired) electrons. The quantitative estimate of drug-likeness (QED) is 0.131. The van der Waals surface area contributed by atoms with Gasteiger partial charge in [0.25, 0.3) is 5.91 Å². The van der Waals surface area contributed by atoms with Gasteiger partial charge in [0.05, 0.1) is 47.0 Å². The Labute approximate surface area is 277 Å². The van der Waals surface area contributed by atoms with E-state index in [0.29, 0.717) is 33.7 Å². The lowest BCUT2D eigenvalue weighted by atomic mass is 10.0. The normalized spacial score (nSPS) is 11.3. The zero-order chi connectivity index (χ0) is 34.1. The second kappa shape index (κ2) is 16.0. The van der Waals surface area contributed by atoms with Crippen molar-refractivity contribution in [2.45, 2.75) is 31.6 Å². The van der Waals surface area contributed by atoms with Crippen molar-refractivity contribution in [1.29, 1.82) is 0 Å². The van der Waals surface area contributed by atoms with Crippen LogP contribution in [0.5, 0.6) is 28.7 Å². The molecule has 4 rings (SSSR count). The van der Waals surface area contributed by atoms with E-state index >= 15 is 4.39 Å². The summed E-state index contributed by atoms with van der Waals surface area (Å²) in [5.41, 5.74) is 2.35. The summed E-state index contributed by atoms with van der Waals surface area (Å²) in [5.74, 6) is -0.0931. The minimum atomic E-state index is -1.32. The Bertz CT molecular complexity index is 1690. The van der Waals surface area contributed by atoms with Gasteiger partial charge in [0.1, 0.15) is 23.4 Å². The molecule has 13 heteroatoms. The smallest absolute Gasteiger partial charge is 0.251 e. The molecule has 0 bridgehead atoms. The third-order valence-corrected chi connectivity index (χ3v) is 7.97. The Morgan fingerprint density at radius 3 is 2.04 bits per heavy atom. The molecule has 11 nitrogen and oxygen atoms in total. The molecule has 0 saturated carbocycles. The molecule has 4 aromatic rings. The summed E-state index contributed by atoms with van der Waals surface area (Å²) in [6.07, 6.45) is 0. The fraction of sp³-hybridized carbons (Fsp3) is 0.294. The molecule has 1 unspecified atom stereocenters. The van der Waals surface area contributed by atoms with E-state index in [0.717, 1.165) is 23.1 Å². The minimum Gasteiger partial charge on any atom is -0.497 e. The molecule has 1 atom stereocenters. The van der Waals surface area contributed by atoms with E-state index in [9.17, 15) is 9.59 Å². The topological polar surface area (TPSA) is 121 Å². The summed E-state index contributed by atoms with van der Waals surface area (Å²) >= 11 is 1.12. The monoisotopic (exact) mass is 664 g/mol. The number of amides is 2. The molecular weight excluding hydrogens is 627 g/mol. The highest BCUT2D eigenvalue weighted by atomic mass is 32.2. The van der Waals surface area contributed by atoms with Crippen molar-refractivity contribution in [2.75, 3.05) is 46.6 Å². The number of benzene rings is 3. The van der Waals surface area contributed by atoms with Crippen LogP contribution >= 0.6 is 11.8 Å².